The first-order valence-corrected chi connectivity index (χ1v) is 8.73. The molecule has 2 atom stereocenters. The Balaban J connectivity index is 2.38. The highest BCUT2D eigenvalue weighted by Crippen LogP contribution is 2.36. The van der Waals surface area contributed by atoms with Gasteiger partial charge in [-0.2, -0.15) is 17.0 Å². The van der Waals surface area contributed by atoms with E-state index in [1.165, 1.54) is 14.1 Å². The fourth-order valence-electron chi connectivity index (χ4n) is 2.89. The van der Waals surface area contributed by atoms with Crippen LogP contribution in [-0.4, -0.2) is 66.5 Å². The molecule has 0 radical (unpaired) electrons. The van der Waals surface area contributed by atoms with Crippen molar-refractivity contribution in [1.82, 2.24) is 8.61 Å². The van der Waals surface area contributed by atoms with Crippen LogP contribution >= 0.6 is 0 Å². The highest BCUT2D eigenvalue weighted by Gasteiger charge is 2.51. The quantitative estimate of drug-likeness (QED) is 0.795. The van der Waals surface area contributed by atoms with Crippen LogP contribution in [0.4, 0.5) is 0 Å². The first-order chi connectivity index (χ1) is 10.7. The maximum absolute atomic E-state index is 12.3. The number of nitrogens with zero attached hydrogens (tertiary/aromatic N) is 2. The molecule has 1 fully saturated rings. The second-order valence-corrected chi connectivity index (χ2v) is 8.19. The second kappa shape index (κ2) is 6.56. The van der Waals surface area contributed by atoms with E-state index in [-0.39, 0.29) is 25.9 Å². The Morgan fingerprint density at radius 3 is 2.48 bits per heavy atom. The third-order valence-electron chi connectivity index (χ3n) is 4.32. The van der Waals surface area contributed by atoms with Gasteiger partial charge in [0, 0.05) is 27.2 Å². The normalized spacial score (nSPS) is 26.3. The van der Waals surface area contributed by atoms with Crippen molar-refractivity contribution >= 4 is 16.2 Å². The van der Waals surface area contributed by atoms with Crippen molar-refractivity contribution in [3.8, 4) is 0 Å². The Kier molecular flexibility index (Phi) is 5.10. The molecule has 0 saturated carbocycles. The van der Waals surface area contributed by atoms with Crippen LogP contribution in [0.5, 0.6) is 0 Å². The summed E-state index contributed by atoms with van der Waals surface area (Å²) in [6, 6.07) is 8.94. The lowest BCUT2D eigenvalue weighted by Gasteiger charge is -2.43. The second-order valence-electron chi connectivity index (χ2n) is 6.05. The van der Waals surface area contributed by atoms with Gasteiger partial charge in [-0.05, 0) is 18.4 Å². The lowest BCUT2D eigenvalue weighted by Crippen LogP contribution is -2.59. The molecule has 7 nitrogen and oxygen atoms in total. The number of hydrogen-bond acceptors (Lipinski definition) is 4. The number of carboxylic acids is 1. The number of hydrogen-bond donors (Lipinski definition) is 2. The number of rotatable bonds is 5. The maximum atomic E-state index is 12.3. The maximum Gasteiger partial charge on any atom is 0.313 e. The standard InChI is InChI=1S/C15H22N2O5S/c1-16(2)23(21,22)17-9-8-13(18)15(11-17,14(19)20)10-12-6-4-3-5-7-12/h3-7,13,18H,8-11H2,1-2H3,(H,19,20)/t13-,15+/m0/s1. The zero-order chi connectivity index (χ0) is 17.3. The zero-order valence-corrected chi connectivity index (χ0v) is 14.0. The first kappa shape index (κ1) is 17.9. The lowest BCUT2D eigenvalue weighted by atomic mass is 9.73. The van der Waals surface area contributed by atoms with Crippen LogP contribution < -0.4 is 0 Å². The van der Waals surface area contributed by atoms with E-state index in [4.69, 9.17) is 0 Å². The molecular formula is C15H22N2O5S. The molecule has 2 N–H and O–H groups in total. The van der Waals surface area contributed by atoms with Crippen molar-refractivity contribution < 1.29 is 23.4 Å². The van der Waals surface area contributed by atoms with E-state index >= 15 is 0 Å². The molecule has 128 valence electrons. The minimum atomic E-state index is -3.73. The first-order valence-electron chi connectivity index (χ1n) is 7.33. The van der Waals surface area contributed by atoms with Gasteiger partial charge in [0.15, 0.2) is 0 Å². The Morgan fingerprint density at radius 2 is 1.96 bits per heavy atom. The third-order valence-corrected chi connectivity index (χ3v) is 6.21. The topological polar surface area (TPSA) is 98.2 Å². The molecule has 0 spiro atoms. The van der Waals surface area contributed by atoms with E-state index in [9.17, 15) is 23.4 Å². The third kappa shape index (κ3) is 3.40. The molecule has 2 rings (SSSR count). The number of aliphatic hydroxyl groups is 1. The molecule has 1 aliphatic heterocycles. The average molecular weight is 342 g/mol. The minimum absolute atomic E-state index is 0.0732. The Morgan fingerprint density at radius 1 is 1.35 bits per heavy atom. The van der Waals surface area contributed by atoms with Crippen LogP contribution in [0.2, 0.25) is 0 Å². The monoisotopic (exact) mass is 342 g/mol. The van der Waals surface area contributed by atoms with E-state index in [2.05, 4.69) is 0 Å². The Labute approximate surface area is 136 Å². The van der Waals surface area contributed by atoms with Gasteiger partial charge < -0.3 is 10.2 Å². The molecule has 1 saturated heterocycles. The van der Waals surface area contributed by atoms with E-state index < -0.39 is 27.7 Å². The van der Waals surface area contributed by atoms with Crippen molar-refractivity contribution in [3.05, 3.63) is 35.9 Å². The highest BCUT2D eigenvalue weighted by atomic mass is 32.2. The van der Waals surface area contributed by atoms with Crippen LogP contribution in [0.15, 0.2) is 30.3 Å². The van der Waals surface area contributed by atoms with Gasteiger partial charge in [0.25, 0.3) is 10.2 Å². The van der Waals surface area contributed by atoms with Crippen LogP contribution in [0.1, 0.15) is 12.0 Å². The van der Waals surface area contributed by atoms with Gasteiger partial charge in [-0.15, -0.1) is 0 Å². The Hall–Kier alpha value is -1.48. The van der Waals surface area contributed by atoms with Gasteiger partial charge in [0.05, 0.1) is 6.10 Å². The van der Waals surface area contributed by atoms with Gasteiger partial charge in [-0.1, -0.05) is 30.3 Å². The molecule has 23 heavy (non-hydrogen) atoms. The van der Waals surface area contributed by atoms with Crippen molar-refractivity contribution in [2.24, 2.45) is 5.41 Å². The molecule has 0 aromatic heterocycles. The van der Waals surface area contributed by atoms with E-state index in [1.807, 2.05) is 6.07 Å². The molecule has 1 aliphatic rings. The highest BCUT2D eigenvalue weighted by molar-refractivity contribution is 7.86. The van der Waals surface area contributed by atoms with E-state index in [1.54, 1.807) is 24.3 Å². The van der Waals surface area contributed by atoms with Gasteiger partial charge in [0.1, 0.15) is 5.41 Å². The summed E-state index contributed by atoms with van der Waals surface area (Å²) >= 11 is 0. The number of aliphatic carboxylic acids is 1. The lowest BCUT2D eigenvalue weighted by molar-refractivity contribution is -0.160. The summed E-state index contributed by atoms with van der Waals surface area (Å²) in [7, 11) is -0.922. The summed E-state index contributed by atoms with van der Waals surface area (Å²) in [5, 5.41) is 20.1. The van der Waals surface area contributed by atoms with Crippen molar-refractivity contribution in [1.29, 1.82) is 0 Å². The van der Waals surface area contributed by atoms with Gasteiger partial charge in [-0.25, -0.2) is 0 Å². The summed E-state index contributed by atoms with van der Waals surface area (Å²) in [6.45, 7) is -0.148. The predicted molar refractivity (Wildman–Crippen MR) is 85.0 cm³/mol. The molecule has 0 bridgehead atoms. The summed E-state index contributed by atoms with van der Waals surface area (Å²) in [6.07, 6.45) is -0.940. The molecule has 1 heterocycles. The number of aliphatic hydroxyl groups excluding tert-OH is 1. The van der Waals surface area contributed by atoms with Crippen molar-refractivity contribution in [2.75, 3.05) is 27.2 Å². The molecule has 8 heteroatoms. The van der Waals surface area contributed by atoms with Crippen LogP contribution in [0.3, 0.4) is 0 Å². The van der Waals surface area contributed by atoms with E-state index in [0.29, 0.717) is 0 Å². The summed E-state index contributed by atoms with van der Waals surface area (Å²) in [4.78, 5) is 11.9. The fourth-order valence-corrected chi connectivity index (χ4v) is 4.08. The van der Waals surface area contributed by atoms with Crippen LogP contribution in [0.25, 0.3) is 0 Å². The van der Waals surface area contributed by atoms with Crippen LogP contribution in [-0.2, 0) is 21.4 Å². The molecule has 1 aromatic rings. The van der Waals surface area contributed by atoms with Gasteiger partial charge in [0.2, 0.25) is 0 Å². The zero-order valence-electron chi connectivity index (χ0n) is 13.2. The molecular weight excluding hydrogens is 320 g/mol. The number of carbonyl (C=O) groups is 1. The minimum Gasteiger partial charge on any atom is -0.481 e. The number of piperidine rings is 1. The summed E-state index contributed by atoms with van der Waals surface area (Å²) < 4.78 is 26.9. The summed E-state index contributed by atoms with van der Waals surface area (Å²) in [5.74, 6) is -1.19. The SMILES string of the molecule is CN(C)S(=O)(=O)N1CC[C@H](O)[C@](Cc2ccccc2)(C(=O)O)C1. The molecule has 0 unspecified atom stereocenters. The predicted octanol–water partition coefficient (Wildman–Crippen LogP) is 0.173. The smallest absolute Gasteiger partial charge is 0.313 e. The van der Waals surface area contributed by atoms with Gasteiger partial charge in [-0.3, -0.25) is 4.79 Å². The average Bonchev–Trinajstić information content (AvgIpc) is 2.50. The van der Waals surface area contributed by atoms with Gasteiger partial charge >= 0.3 is 5.97 Å². The van der Waals surface area contributed by atoms with Crippen LogP contribution in [0, 0.1) is 5.41 Å². The molecule has 1 aromatic carbocycles. The number of benzene rings is 1. The number of carboxylic acid groups (broad SMARTS) is 1. The van der Waals surface area contributed by atoms with E-state index in [0.717, 1.165) is 14.2 Å². The Bertz CT molecular complexity index is 662. The van der Waals surface area contributed by atoms with Crippen molar-refractivity contribution in [3.63, 3.8) is 0 Å². The largest absolute Gasteiger partial charge is 0.481 e. The molecule has 0 amide bonds. The molecule has 0 aliphatic carbocycles. The van der Waals surface area contributed by atoms with Crippen molar-refractivity contribution in [2.45, 2.75) is 18.9 Å². The fraction of sp³-hybridized carbons (Fsp3) is 0.533. The summed E-state index contributed by atoms with van der Waals surface area (Å²) in [5.41, 5.74) is -0.805.